The summed E-state index contributed by atoms with van der Waals surface area (Å²) in [4.78, 5) is 13.7. The second-order valence-electron chi connectivity index (χ2n) is 9.12. The van der Waals surface area contributed by atoms with Crippen molar-refractivity contribution in [3.05, 3.63) is 95.1 Å². The van der Waals surface area contributed by atoms with Gasteiger partial charge in [0.25, 0.3) is 5.91 Å². The van der Waals surface area contributed by atoms with Gasteiger partial charge in [-0.25, -0.2) is 8.42 Å². The molecule has 1 aliphatic heterocycles. The molecule has 1 aliphatic rings. The van der Waals surface area contributed by atoms with Crippen molar-refractivity contribution in [3.8, 4) is 5.75 Å². The molecule has 1 saturated heterocycles. The predicted octanol–water partition coefficient (Wildman–Crippen LogP) is 4.94. The van der Waals surface area contributed by atoms with Crippen LogP contribution >= 0.6 is 0 Å². The number of carbonyl (C=O) groups is 1. The fourth-order valence-electron chi connectivity index (χ4n) is 4.50. The Labute approximate surface area is 208 Å². The van der Waals surface area contributed by atoms with Crippen molar-refractivity contribution in [2.45, 2.75) is 37.6 Å². The Hall–Kier alpha value is -3.16. The molecule has 0 aromatic heterocycles. The van der Waals surface area contributed by atoms with Crippen molar-refractivity contribution < 1.29 is 17.9 Å². The molecular formula is C28H32N2O4S. The molecule has 0 radical (unpaired) electrons. The van der Waals surface area contributed by atoms with Crippen LogP contribution in [0.25, 0.3) is 0 Å². The lowest BCUT2D eigenvalue weighted by atomic mass is 9.94. The summed E-state index contributed by atoms with van der Waals surface area (Å²) in [5.74, 6) is 0.434. The molecule has 7 heteroatoms. The van der Waals surface area contributed by atoms with Crippen LogP contribution in [0, 0.1) is 12.8 Å². The second-order valence-corrected chi connectivity index (χ2v) is 11.1. The molecule has 4 rings (SSSR count). The lowest BCUT2D eigenvalue weighted by molar-refractivity contribution is 0.0939. The quantitative estimate of drug-likeness (QED) is 0.507. The van der Waals surface area contributed by atoms with Gasteiger partial charge >= 0.3 is 0 Å². The zero-order valence-corrected chi connectivity index (χ0v) is 21.2. The Balaban J connectivity index is 1.69. The van der Waals surface area contributed by atoms with E-state index in [0.717, 1.165) is 29.5 Å². The van der Waals surface area contributed by atoms with Gasteiger partial charge in [0.15, 0.2) is 0 Å². The maximum Gasteiger partial charge on any atom is 0.255 e. The zero-order chi connectivity index (χ0) is 25.0. The Morgan fingerprint density at radius 2 is 1.66 bits per heavy atom. The van der Waals surface area contributed by atoms with E-state index in [2.05, 4.69) is 12.2 Å². The first-order valence-corrected chi connectivity index (χ1v) is 13.3. The van der Waals surface area contributed by atoms with E-state index in [1.54, 1.807) is 6.07 Å². The van der Waals surface area contributed by atoms with Crippen molar-refractivity contribution in [2.75, 3.05) is 20.2 Å². The molecule has 3 aromatic rings. The smallest absolute Gasteiger partial charge is 0.255 e. The number of hydrogen-bond acceptors (Lipinski definition) is 4. The first kappa shape index (κ1) is 24.9. The van der Waals surface area contributed by atoms with Crippen LogP contribution in [0.3, 0.4) is 0 Å². The number of nitrogens with zero attached hydrogens (tertiary/aromatic N) is 1. The van der Waals surface area contributed by atoms with E-state index in [4.69, 9.17) is 4.74 Å². The van der Waals surface area contributed by atoms with Crippen molar-refractivity contribution >= 4 is 15.9 Å². The third-order valence-corrected chi connectivity index (χ3v) is 8.60. The average Bonchev–Trinajstić information content (AvgIpc) is 2.88. The number of benzene rings is 3. The number of carbonyl (C=O) groups excluding carboxylic acids is 1. The third kappa shape index (κ3) is 5.41. The summed E-state index contributed by atoms with van der Waals surface area (Å²) in [6.07, 6.45) is 1.66. The molecule has 35 heavy (non-hydrogen) atoms. The van der Waals surface area contributed by atoms with Gasteiger partial charge in [0.1, 0.15) is 5.75 Å². The normalized spacial score (nSPS) is 16.0. The predicted molar refractivity (Wildman–Crippen MR) is 137 cm³/mol. The van der Waals surface area contributed by atoms with Gasteiger partial charge in [-0.05, 0) is 60.6 Å². The number of hydrogen-bond donors (Lipinski definition) is 1. The number of sulfonamides is 1. The average molecular weight is 493 g/mol. The maximum atomic E-state index is 13.6. The first-order valence-electron chi connectivity index (χ1n) is 11.9. The summed E-state index contributed by atoms with van der Waals surface area (Å²) >= 11 is 0. The molecule has 6 nitrogen and oxygen atoms in total. The van der Waals surface area contributed by atoms with Crippen LogP contribution in [0.15, 0.2) is 77.7 Å². The highest BCUT2D eigenvalue weighted by Gasteiger charge is 2.30. The topological polar surface area (TPSA) is 75.7 Å². The van der Waals surface area contributed by atoms with Gasteiger partial charge in [-0.15, -0.1) is 0 Å². The van der Waals surface area contributed by atoms with E-state index < -0.39 is 22.0 Å². The van der Waals surface area contributed by atoms with E-state index in [0.29, 0.717) is 24.8 Å². The van der Waals surface area contributed by atoms with Gasteiger partial charge in [-0.3, -0.25) is 4.79 Å². The third-order valence-electron chi connectivity index (χ3n) is 6.70. The van der Waals surface area contributed by atoms with Crippen LogP contribution in [0.5, 0.6) is 5.75 Å². The van der Waals surface area contributed by atoms with Gasteiger partial charge in [0.2, 0.25) is 10.0 Å². The Morgan fingerprint density at radius 3 is 2.31 bits per heavy atom. The molecular weight excluding hydrogens is 460 g/mol. The van der Waals surface area contributed by atoms with Crippen LogP contribution in [0.2, 0.25) is 0 Å². The van der Waals surface area contributed by atoms with Crippen LogP contribution in [0.1, 0.15) is 52.9 Å². The standard InChI is InChI=1S/C28H32N2O4S/c1-20-15-17-30(18-16-20)35(32,33)23-13-14-26(34-3)25(19-23)28(31)29-27(22-10-5-4-6-11-22)24-12-8-7-9-21(24)2/h4-14,19-20,27H,15-18H2,1-3H3,(H,29,31)/t27-/m0/s1. The van der Waals surface area contributed by atoms with E-state index in [1.165, 1.54) is 23.5 Å². The van der Waals surface area contributed by atoms with E-state index in [-0.39, 0.29) is 10.5 Å². The molecule has 184 valence electrons. The van der Waals surface area contributed by atoms with Gasteiger partial charge < -0.3 is 10.1 Å². The van der Waals surface area contributed by atoms with Gasteiger partial charge in [-0.2, -0.15) is 4.31 Å². The van der Waals surface area contributed by atoms with Crippen LogP contribution in [0.4, 0.5) is 0 Å². The SMILES string of the molecule is COc1ccc(S(=O)(=O)N2CCC(C)CC2)cc1C(=O)N[C@@H](c1ccccc1)c1ccccc1C. The largest absolute Gasteiger partial charge is 0.496 e. The number of rotatable bonds is 7. The molecule has 1 atom stereocenters. The maximum absolute atomic E-state index is 13.6. The molecule has 1 fully saturated rings. The number of amides is 1. The lowest BCUT2D eigenvalue weighted by Gasteiger charge is -2.29. The molecule has 0 spiro atoms. The fourth-order valence-corrected chi connectivity index (χ4v) is 6.00. The number of methoxy groups -OCH3 is 1. The highest BCUT2D eigenvalue weighted by atomic mass is 32.2. The van der Waals surface area contributed by atoms with Crippen molar-refractivity contribution in [3.63, 3.8) is 0 Å². The molecule has 0 bridgehead atoms. The van der Waals surface area contributed by atoms with Gasteiger partial charge in [0.05, 0.1) is 23.6 Å². The number of aryl methyl sites for hydroxylation is 1. The van der Waals surface area contributed by atoms with Crippen molar-refractivity contribution in [2.24, 2.45) is 5.92 Å². The molecule has 1 N–H and O–H groups in total. The summed E-state index contributed by atoms with van der Waals surface area (Å²) in [6, 6.07) is 21.7. The molecule has 0 unspecified atom stereocenters. The molecule has 1 heterocycles. The van der Waals surface area contributed by atoms with Crippen LogP contribution in [-0.4, -0.2) is 38.8 Å². The lowest BCUT2D eigenvalue weighted by Crippen LogP contribution is -2.38. The monoisotopic (exact) mass is 492 g/mol. The van der Waals surface area contributed by atoms with E-state index in [1.807, 2.05) is 61.5 Å². The van der Waals surface area contributed by atoms with Gasteiger partial charge in [-0.1, -0.05) is 61.5 Å². The Kier molecular flexibility index (Phi) is 7.57. The number of piperidine rings is 1. The zero-order valence-electron chi connectivity index (χ0n) is 20.4. The minimum atomic E-state index is -3.71. The summed E-state index contributed by atoms with van der Waals surface area (Å²) in [7, 11) is -2.23. The van der Waals surface area contributed by atoms with Gasteiger partial charge in [0, 0.05) is 13.1 Å². The minimum Gasteiger partial charge on any atom is -0.496 e. The summed E-state index contributed by atoms with van der Waals surface area (Å²) in [5, 5.41) is 3.12. The summed E-state index contributed by atoms with van der Waals surface area (Å²) in [6.45, 7) is 5.11. The molecule has 0 saturated carbocycles. The highest BCUT2D eigenvalue weighted by Crippen LogP contribution is 2.30. The van der Waals surface area contributed by atoms with Crippen LogP contribution < -0.4 is 10.1 Å². The number of nitrogens with one attached hydrogen (secondary N) is 1. The summed E-state index contributed by atoms with van der Waals surface area (Å²) in [5.41, 5.74) is 3.13. The molecule has 1 amide bonds. The Bertz CT molecular complexity index is 1280. The molecule has 3 aromatic carbocycles. The second kappa shape index (κ2) is 10.6. The summed E-state index contributed by atoms with van der Waals surface area (Å²) < 4.78 is 33.6. The van der Waals surface area contributed by atoms with E-state index in [9.17, 15) is 13.2 Å². The van der Waals surface area contributed by atoms with Crippen molar-refractivity contribution in [1.29, 1.82) is 0 Å². The molecule has 0 aliphatic carbocycles. The fraction of sp³-hybridized carbons (Fsp3) is 0.321. The van der Waals surface area contributed by atoms with E-state index >= 15 is 0 Å². The van der Waals surface area contributed by atoms with Crippen molar-refractivity contribution in [1.82, 2.24) is 9.62 Å². The highest BCUT2D eigenvalue weighted by molar-refractivity contribution is 7.89. The first-order chi connectivity index (χ1) is 16.8. The minimum absolute atomic E-state index is 0.102. The number of ether oxygens (including phenoxy) is 1. The van der Waals surface area contributed by atoms with Crippen LogP contribution in [-0.2, 0) is 10.0 Å². The Morgan fingerprint density at radius 1 is 1.00 bits per heavy atom.